The molecule has 1 N–H and O–H groups in total. The van der Waals surface area contributed by atoms with Gasteiger partial charge in [-0.15, -0.1) is 22.7 Å². The zero-order chi connectivity index (χ0) is 22.0. The lowest BCUT2D eigenvalue weighted by atomic mass is 10.1. The number of hydrogen-bond donors (Lipinski definition) is 1. The van der Waals surface area contributed by atoms with E-state index in [0.717, 1.165) is 45.9 Å². The first-order valence-electron chi connectivity index (χ1n) is 10.0. The Balaban J connectivity index is 1.40. The Bertz CT molecular complexity index is 1200. The predicted molar refractivity (Wildman–Crippen MR) is 126 cm³/mol. The molecule has 0 saturated carbocycles. The van der Waals surface area contributed by atoms with Gasteiger partial charge in [0.25, 0.3) is 5.91 Å². The van der Waals surface area contributed by atoms with Gasteiger partial charge in [-0.25, -0.2) is 4.98 Å². The Labute approximate surface area is 189 Å². The number of aryl methyl sites for hydroxylation is 4. The maximum Gasteiger partial charge on any atom is 0.267 e. The summed E-state index contributed by atoms with van der Waals surface area (Å²) in [7, 11) is 0. The number of para-hydroxylation sites is 1. The third kappa shape index (κ3) is 4.70. The number of thiazole rings is 1. The van der Waals surface area contributed by atoms with E-state index in [1.165, 1.54) is 22.7 Å². The van der Waals surface area contributed by atoms with Crippen molar-refractivity contribution < 1.29 is 9.53 Å². The molecule has 6 nitrogen and oxygen atoms in total. The summed E-state index contributed by atoms with van der Waals surface area (Å²) in [5, 5.41) is 11.8. The summed E-state index contributed by atoms with van der Waals surface area (Å²) in [6, 6.07) is 7.96. The van der Waals surface area contributed by atoms with Crippen LogP contribution in [0.25, 0.3) is 11.3 Å². The van der Waals surface area contributed by atoms with Crippen molar-refractivity contribution in [3.63, 3.8) is 0 Å². The number of hydrogen-bond acceptors (Lipinski definition) is 6. The van der Waals surface area contributed by atoms with E-state index < -0.39 is 0 Å². The van der Waals surface area contributed by atoms with Crippen LogP contribution in [0.3, 0.4) is 0 Å². The van der Waals surface area contributed by atoms with Gasteiger partial charge in [-0.1, -0.05) is 18.2 Å². The van der Waals surface area contributed by atoms with E-state index in [-0.39, 0.29) is 5.91 Å². The van der Waals surface area contributed by atoms with E-state index in [0.29, 0.717) is 16.6 Å². The zero-order valence-electron chi connectivity index (χ0n) is 17.9. The van der Waals surface area contributed by atoms with Gasteiger partial charge in [0, 0.05) is 29.2 Å². The van der Waals surface area contributed by atoms with E-state index in [9.17, 15) is 4.79 Å². The van der Waals surface area contributed by atoms with Crippen molar-refractivity contribution in [2.45, 2.75) is 40.8 Å². The van der Waals surface area contributed by atoms with Crippen molar-refractivity contribution >= 4 is 33.7 Å². The number of carbonyl (C=O) groups excluding carboxylic acids is 1. The molecule has 0 spiro atoms. The molecule has 0 aliphatic rings. The first-order valence-corrected chi connectivity index (χ1v) is 11.8. The van der Waals surface area contributed by atoms with Crippen LogP contribution in [0.5, 0.6) is 5.75 Å². The van der Waals surface area contributed by atoms with Crippen molar-refractivity contribution in [2.24, 2.45) is 0 Å². The fraction of sp³-hybridized carbons (Fsp3) is 0.261. The highest BCUT2D eigenvalue weighted by Gasteiger charge is 2.15. The van der Waals surface area contributed by atoms with Crippen LogP contribution < -0.4 is 10.1 Å². The van der Waals surface area contributed by atoms with Gasteiger partial charge in [0.15, 0.2) is 5.13 Å². The van der Waals surface area contributed by atoms with Crippen molar-refractivity contribution in [2.75, 3.05) is 5.32 Å². The minimum absolute atomic E-state index is 0.162. The smallest absolute Gasteiger partial charge is 0.267 e. The number of nitrogens with one attached hydrogen (secondary N) is 1. The summed E-state index contributed by atoms with van der Waals surface area (Å²) in [6.45, 7) is 9.32. The zero-order valence-corrected chi connectivity index (χ0v) is 19.6. The molecule has 3 aromatic heterocycles. The van der Waals surface area contributed by atoms with Crippen molar-refractivity contribution in [3.8, 4) is 17.0 Å². The molecular formula is C23H24N4O2S2. The maximum absolute atomic E-state index is 12.7. The van der Waals surface area contributed by atoms with Crippen LogP contribution in [0.1, 0.15) is 39.0 Å². The van der Waals surface area contributed by atoms with Crippen LogP contribution in [0.15, 0.2) is 41.2 Å². The molecule has 1 amide bonds. The number of amides is 1. The fourth-order valence-corrected chi connectivity index (χ4v) is 4.80. The Kier molecular flexibility index (Phi) is 6.20. The van der Waals surface area contributed by atoms with Gasteiger partial charge < -0.3 is 4.74 Å². The monoisotopic (exact) mass is 452 g/mol. The molecule has 0 saturated heterocycles. The van der Waals surface area contributed by atoms with Gasteiger partial charge in [0.05, 0.1) is 16.3 Å². The van der Waals surface area contributed by atoms with Gasteiger partial charge in [-0.2, -0.15) is 5.10 Å². The topological polar surface area (TPSA) is 69.0 Å². The summed E-state index contributed by atoms with van der Waals surface area (Å²) in [4.78, 5) is 17.9. The summed E-state index contributed by atoms with van der Waals surface area (Å²) in [6.07, 6.45) is 1.98. The number of rotatable bonds is 7. The molecule has 0 radical (unpaired) electrons. The summed E-state index contributed by atoms with van der Waals surface area (Å²) < 4.78 is 7.88. The molecule has 160 valence electrons. The van der Waals surface area contributed by atoms with Gasteiger partial charge in [0.1, 0.15) is 12.4 Å². The number of benzene rings is 1. The highest BCUT2D eigenvalue weighted by atomic mass is 32.1. The number of ether oxygens (including phenoxy) is 1. The van der Waals surface area contributed by atoms with Crippen LogP contribution in [0.2, 0.25) is 0 Å². The first-order chi connectivity index (χ1) is 14.9. The Morgan fingerprint density at radius 3 is 2.65 bits per heavy atom. The van der Waals surface area contributed by atoms with E-state index in [2.05, 4.69) is 15.4 Å². The number of nitrogens with zero attached hydrogens (tertiary/aromatic N) is 3. The van der Waals surface area contributed by atoms with Crippen LogP contribution >= 0.6 is 22.7 Å². The molecule has 3 heterocycles. The van der Waals surface area contributed by atoms with Gasteiger partial charge in [-0.05, 0) is 50.3 Å². The van der Waals surface area contributed by atoms with Crippen LogP contribution in [0, 0.1) is 20.8 Å². The van der Waals surface area contributed by atoms with Crippen LogP contribution in [0.4, 0.5) is 5.13 Å². The third-order valence-electron chi connectivity index (χ3n) is 4.94. The van der Waals surface area contributed by atoms with E-state index in [4.69, 9.17) is 4.74 Å². The molecular weight excluding hydrogens is 428 g/mol. The quantitative estimate of drug-likeness (QED) is 0.382. The minimum atomic E-state index is -0.162. The molecule has 4 aromatic rings. The lowest BCUT2D eigenvalue weighted by molar-refractivity contribution is 0.103. The Hall–Kier alpha value is -2.97. The highest BCUT2D eigenvalue weighted by Crippen LogP contribution is 2.28. The molecule has 1 aromatic carbocycles. The van der Waals surface area contributed by atoms with Crippen LogP contribution in [-0.2, 0) is 13.2 Å². The molecule has 0 fully saturated rings. The second-order valence-corrected chi connectivity index (χ2v) is 9.07. The number of carbonyl (C=O) groups is 1. The Morgan fingerprint density at radius 1 is 1.16 bits per heavy atom. The minimum Gasteiger partial charge on any atom is -0.488 e. The second-order valence-electron chi connectivity index (χ2n) is 7.30. The summed E-state index contributed by atoms with van der Waals surface area (Å²) in [5.41, 5.74) is 5.92. The average Bonchev–Trinajstić information content (AvgIpc) is 3.47. The normalized spacial score (nSPS) is 11.0. The van der Waals surface area contributed by atoms with Crippen molar-refractivity contribution in [3.05, 3.63) is 68.5 Å². The SMILES string of the molecule is CCn1cc(-c2csc(NC(=O)c3cc(COc4c(C)cccc4C)cs3)n2)c(C)n1. The number of aromatic nitrogens is 3. The fourth-order valence-electron chi connectivity index (χ4n) is 3.30. The molecule has 0 aliphatic carbocycles. The largest absolute Gasteiger partial charge is 0.488 e. The highest BCUT2D eigenvalue weighted by molar-refractivity contribution is 7.14. The molecule has 0 unspecified atom stereocenters. The lowest BCUT2D eigenvalue weighted by Gasteiger charge is -2.10. The number of thiophene rings is 1. The third-order valence-corrected chi connectivity index (χ3v) is 6.68. The van der Waals surface area contributed by atoms with E-state index in [1.54, 1.807) is 0 Å². The molecule has 0 aliphatic heterocycles. The summed E-state index contributed by atoms with van der Waals surface area (Å²) >= 11 is 2.81. The molecule has 4 rings (SSSR count). The van der Waals surface area contributed by atoms with Crippen molar-refractivity contribution in [1.82, 2.24) is 14.8 Å². The van der Waals surface area contributed by atoms with E-state index in [1.807, 2.05) is 73.6 Å². The predicted octanol–water partition coefficient (Wildman–Crippen LogP) is 5.84. The summed E-state index contributed by atoms with van der Waals surface area (Å²) in [5.74, 6) is 0.738. The number of anilines is 1. The second kappa shape index (κ2) is 9.03. The molecule has 0 bridgehead atoms. The average molecular weight is 453 g/mol. The van der Waals surface area contributed by atoms with Crippen molar-refractivity contribution in [1.29, 1.82) is 0 Å². The van der Waals surface area contributed by atoms with Crippen LogP contribution in [-0.4, -0.2) is 20.7 Å². The standard InChI is InChI=1S/C23H24N4O2S2/c1-5-27-10-18(16(4)26-27)19-13-31-23(24-19)25-22(28)20-9-17(12-30-20)11-29-21-14(2)7-6-8-15(21)3/h6-10,12-13H,5,11H2,1-4H3,(H,24,25,28). The van der Waals surface area contributed by atoms with Gasteiger partial charge in [0.2, 0.25) is 0 Å². The molecule has 0 atom stereocenters. The molecule has 8 heteroatoms. The van der Waals surface area contributed by atoms with E-state index >= 15 is 0 Å². The Morgan fingerprint density at radius 2 is 1.94 bits per heavy atom. The lowest BCUT2D eigenvalue weighted by Crippen LogP contribution is -2.10. The maximum atomic E-state index is 12.7. The first kappa shape index (κ1) is 21.3. The molecule has 31 heavy (non-hydrogen) atoms. The van der Waals surface area contributed by atoms with Gasteiger partial charge in [-0.3, -0.25) is 14.8 Å². The van der Waals surface area contributed by atoms with Gasteiger partial charge >= 0.3 is 0 Å².